The number of rotatable bonds is 3. The number of fused-ring (bicyclic) bond motifs is 1. The van der Waals surface area contributed by atoms with Crippen LogP contribution in [-0.2, 0) is 4.79 Å². The molecule has 1 N–H and O–H groups in total. The van der Waals surface area contributed by atoms with E-state index < -0.39 is 5.97 Å². The van der Waals surface area contributed by atoms with Crippen molar-refractivity contribution >= 4 is 5.97 Å². The maximum atomic E-state index is 11.1. The summed E-state index contributed by atoms with van der Waals surface area (Å²) < 4.78 is 5.94. The molecule has 104 valence electrons. The summed E-state index contributed by atoms with van der Waals surface area (Å²) >= 11 is 0. The van der Waals surface area contributed by atoms with E-state index in [-0.39, 0.29) is 12.3 Å². The van der Waals surface area contributed by atoms with Gasteiger partial charge in [-0.25, -0.2) is 0 Å². The second-order valence-electron chi connectivity index (χ2n) is 5.65. The lowest BCUT2D eigenvalue weighted by Crippen LogP contribution is -2.08. The number of benzene rings is 1. The number of carboxylic acids is 1. The maximum Gasteiger partial charge on any atom is 0.303 e. The van der Waals surface area contributed by atoms with Crippen LogP contribution in [0.25, 0.3) is 0 Å². The minimum atomic E-state index is -0.729. The third kappa shape index (κ3) is 2.91. The van der Waals surface area contributed by atoms with Crippen LogP contribution in [0, 0.1) is 6.92 Å². The van der Waals surface area contributed by atoms with Gasteiger partial charge in [-0.2, -0.15) is 0 Å². The van der Waals surface area contributed by atoms with Crippen LogP contribution in [-0.4, -0.2) is 17.7 Å². The van der Waals surface area contributed by atoms with Crippen molar-refractivity contribution in [1.82, 2.24) is 0 Å². The lowest BCUT2D eigenvalue weighted by atomic mass is 9.85. The predicted octanol–water partition coefficient (Wildman–Crippen LogP) is 3.85. The normalized spacial score (nSPS) is 18.6. The largest absolute Gasteiger partial charge is 0.493 e. The van der Waals surface area contributed by atoms with Gasteiger partial charge in [0.2, 0.25) is 0 Å². The van der Waals surface area contributed by atoms with Gasteiger partial charge in [0.15, 0.2) is 0 Å². The molecule has 1 aromatic carbocycles. The van der Waals surface area contributed by atoms with Crippen LogP contribution in [0.15, 0.2) is 12.1 Å². The molecule has 0 radical (unpaired) electrons. The fourth-order valence-electron chi connectivity index (χ4n) is 2.90. The van der Waals surface area contributed by atoms with Crippen molar-refractivity contribution in [2.75, 3.05) is 6.61 Å². The molecular formula is C16H22O3. The van der Waals surface area contributed by atoms with Gasteiger partial charge < -0.3 is 9.84 Å². The highest BCUT2D eigenvalue weighted by Crippen LogP contribution is 2.41. The molecule has 1 heterocycles. The number of aliphatic carboxylic acids is 1. The van der Waals surface area contributed by atoms with E-state index in [2.05, 4.69) is 26.0 Å². The molecule has 0 bridgehead atoms. The Hall–Kier alpha value is -1.51. The zero-order valence-electron chi connectivity index (χ0n) is 11.9. The van der Waals surface area contributed by atoms with Crippen LogP contribution in [0.3, 0.4) is 0 Å². The van der Waals surface area contributed by atoms with Crippen molar-refractivity contribution in [2.45, 2.75) is 51.9 Å². The molecular weight excluding hydrogens is 240 g/mol. The van der Waals surface area contributed by atoms with Crippen molar-refractivity contribution in [2.24, 2.45) is 0 Å². The molecule has 0 amide bonds. The van der Waals surface area contributed by atoms with Gasteiger partial charge in [0.25, 0.3) is 0 Å². The maximum absolute atomic E-state index is 11.1. The quantitative estimate of drug-likeness (QED) is 0.900. The zero-order valence-corrected chi connectivity index (χ0v) is 11.9. The Morgan fingerprint density at radius 3 is 2.84 bits per heavy atom. The number of carbonyl (C=O) groups is 1. The Morgan fingerprint density at radius 1 is 1.47 bits per heavy atom. The summed E-state index contributed by atoms with van der Waals surface area (Å²) in [7, 11) is 0. The number of hydrogen-bond acceptors (Lipinski definition) is 2. The number of ether oxygens (including phenoxy) is 1. The summed E-state index contributed by atoms with van der Waals surface area (Å²) in [5.41, 5.74) is 3.46. The second-order valence-corrected chi connectivity index (χ2v) is 5.65. The smallest absolute Gasteiger partial charge is 0.303 e. The van der Waals surface area contributed by atoms with Crippen LogP contribution < -0.4 is 4.74 Å². The summed E-state index contributed by atoms with van der Waals surface area (Å²) in [6.45, 7) is 7.02. The minimum Gasteiger partial charge on any atom is -0.493 e. The lowest BCUT2D eigenvalue weighted by molar-refractivity contribution is -0.137. The highest BCUT2D eigenvalue weighted by Gasteiger charge is 2.26. The third-order valence-electron chi connectivity index (χ3n) is 3.84. The molecule has 2 rings (SSSR count). The van der Waals surface area contributed by atoms with E-state index in [1.807, 2.05) is 6.92 Å². The minimum absolute atomic E-state index is 0.0775. The average molecular weight is 262 g/mol. The summed E-state index contributed by atoms with van der Waals surface area (Å²) in [4.78, 5) is 11.1. The molecule has 0 aliphatic carbocycles. The fourth-order valence-corrected chi connectivity index (χ4v) is 2.90. The van der Waals surface area contributed by atoms with Crippen LogP contribution >= 0.6 is 0 Å². The number of carboxylic acid groups (broad SMARTS) is 1. The second kappa shape index (κ2) is 5.64. The molecule has 0 saturated heterocycles. The lowest BCUT2D eigenvalue weighted by Gasteiger charge is -2.21. The van der Waals surface area contributed by atoms with E-state index in [1.54, 1.807) is 0 Å². The zero-order chi connectivity index (χ0) is 14.0. The average Bonchev–Trinajstić information content (AvgIpc) is 2.52. The van der Waals surface area contributed by atoms with Gasteiger partial charge in [0, 0.05) is 5.56 Å². The Morgan fingerprint density at radius 2 is 2.21 bits per heavy atom. The SMILES string of the molecule is Cc1ccc(C(C)C)c2c1C(CC(=O)O)CCCO2. The third-order valence-corrected chi connectivity index (χ3v) is 3.84. The molecule has 0 spiro atoms. The molecule has 1 aliphatic heterocycles. The van der Waals surface area contributed by atoms with Gasteiger partial charge in [0.1, 0.15) is 5.75 Å². The van der Waals surface area contributed by atoms with E-state index in [4.69, 9.17) is 9.84 Å². The molecule has 1 aliphatic rings. The van der Waals surface area contributed by atoms with E-state index in [1.165, 1.54) is 5.56 Å². The van der Waals surface area contributed by atoms with Gasteiger partial charge in [-0.1, -0.05) is 26.0 Å². The van der Waals surface area contributed by atoms with Gasteiger partial charge in [-0.3, -0.25) is 4.79 Å². The van der Waals surface area contributed by atoms with E-state index in [9.17, 15) is 4.79 Å². The molecule has 0 saturated carbocycles. The molecule has 3 nitrogen and oxygen atoms in total. The highest BCUT2D eigenvalue weighted by atomic mass is 16.5. The monoisotopic (exact) mass is 262 g/mol. The number of hydrogen-bond donors (Lipinski definition) is 1. The summed E-state index contributed by atoms with van der Waals surface area (Å²) in [5, 5.41) is 9.11. The topological polar surface area (TPSA) is 46.5 Å². The number of aryl methyl sites for hydroxylation is 1. The van der Waals surface area contributed by atoms with Crippen molar-refractivity contribution < 1.29 is 14.6 Å². The van der Waals surface area contributed by atoms with Gasteiger partial charge in [-0.05, 0) is 42.7 Å². The van der Waals surface area contributed by atoms with E-state index in [0.717, 1.165) is 29.7 Å². The first-order chi connectivity index (χ1) is 9.00. The van der Waals surface area contributed by atoms with E-state index in [0.29, 0.717) is 12.5 Å². The Bertz CT molecular complexity index is 477. The first-order valence-corrected chi connectivity index (χ1v) is 6.98. The van der Waals surface area contributed by atoms with Crippen molar-refractivity contribution in [1.29, 1.82) is 0 Å². The predicted molar refractivity (Wildman–Crippen MR) is 75.0 cm³/mol. The molecule has 1 unspecified atom stereocenters. The molecule has 3 heteroatoms. The highest BCUT2D eigenvalue weighted by molar-refractivity contribution is 5.69. The van der Waals surface area contributed by atoms with Gasteiger partial charge in [-0.15, -0.1) is 0 Å². The van der Waals surface area contributed by atoms with E-state index >= 15 is 0 Å². The summed E-state index contributed by atoms with van der Waals surface area (Å²) in [5.74, 6) is 0.678. The molecule has 19 heavy (non-hydrogen) atoms. The Kier molecular flexibility index (Phi) is 4.13. The molecule has 0 aromatic heterocycles. The standard InChI is InChI=1S/C16H22O3/c1-10(2)13-7-6-11(3)15-12(9-14(17)18)5-4-8-19-16(13)15/h6-7,10,12H,4-5,8-9H2,1-3H3,(H,17,18). The van der Waals surface area contributed by atoms with Crippen LogP contribution in [0.2, 0.25) is 0 Å². The van der Waals surface area contributed by atoms with Crippen molar-refractivity contribution in [3.8, 4) is 5.75 Å². The van der Waals surface area contributed by atoms with Crippen molar-refractivity contribution in [3.05, 3.63) is 28.8 Å². The van der Waals surface area contributed by atoms with Gasteiger partial charge in [0.05, 0.1) is 13.0 Å². The molecule has 1 atom stereocenters. The van der Waals surface area contributed by atoms with Crippen molar-refractivity contribution in [3.63, 3.8) is 0 Å². The summed E-state index contributed by atoms with van der Waals surface area (Å²) in [6.07, 6.45) is 2.00. The van der Waals surface area contributed by atoms with Crippen LogP contribution in [0.1, 0.15) is 61.6 Å². The molecule has 1 aromatic rings. The molecule has 0 fully saturated rings. The van der Waals surface area contributed by atoms with Crippen LogP contribution in [0.5, 0.6) is 5.75 Å². The first kappa shape index (κ1) is 13.9. The van der Waals surface area contributed by atoms with Gasteiger partial charge >= 0.3 is 5.97 Å². The Balaban J connectivity index is 2.52. The Labute approximate surface area is 114 Å². The fraction of sp³-hybridized carbons (Fsp3) is 0.562. The first-order valence-electron chi connectivity index (χ1n) is 6.98. The summed E-state index contributed by atoms with van der Waals surface area (Å²) in [6, 6.07) is 4.21. The van der Waals surface area contributed by atoms with Crippen LogP contribution in [0.4, 0.5) is 0 Å².